The number of aromatic hydroxyl groups is 1. The first-order valence-electron chi connectivity index (χ1n) is 8.91. The predicted molar refractivity (Wildman–Crippen MR) is 111 cm³/mol. The molecule has 9 heteroatoms. The second kappa shape index (κ2) is 9.23. The van der Waals surface area contributed by atoms with Crippen molar-refractivity contribution in [3.63, 3.8) is 0 Å². The summed E-state index contributed by atoms with van der Waals surface area (Å²) in [5, 5.41) is 13.8. The topological polar surface area (TPSA) is 111 Å². The molecule has 2 N–H and O–H groups in total. The molecule has 3 rings (SSSR count). The molecule has 0 fully saturated rings. The summed E-state index contributed by atoms with van der Waals surface area (Å²) in [6.07, 6.45) is 1.34. The Bertz CT molecular complexity index is 1090. The summed E-state index contributed by atoms with van der Waals surface area (Å²) in [7, 11) is 1.25. The molecule has 0 saturated carbocycles. The number of carbonyl (C=O) groups is 2. The lowest BCUT2D eigenvalue weighted by Crippen LogP contribution is -2.11. The van der Waals surface area contributed by atoms with Crippen LogP contribution in [0.3, 0.4) is 0 Å². The number of phenolic OH excluding ortho intramolecular Hbond substituents is 1. The third-order valence-electron chi connectivity index (χ3n) is 4.06. The molecule has 0 radical (unpaired) electrons. The predicted octanol–water partition coefficient (Wildman–Crippen LogP) is 4.21. The number of carbonyl (C=O) groups excluding carboxylic acids is 2. The van der Waals surface area contributed by atoms with Crippen molar-refractivity contribution in [3.8, 4) is 17.1 Å². The first kappa shape index (κ1) is 21.1. The Morgan fingerprint density at radius 2 is 1.87 bits per heavy atom. The second-order valence-electron chi connectivity index (χ2n) is 6.03. The average molecular weight is 428 g/mol. The number of rotatable bonds is 6. The number of esters is 2. The van der Waals surface area contributed by atoms with Crippen LogP contribution in [0.15, 0.2) is 48.7 Å². The van der Waals surface area contributed by atoms with Gasteiger partial charge in [-0.05, 0) is 49.4 Å². The van der Waals surface area contributed by atoms with Gasteiger partial charge in [0.15, 0.2) is 5.82 Å². The molecule has 1 aromatic heterocycles. The van der Waals surface area contributed by atoms with Crippen LogP contribution in [-0.4, -0.2) is 40.7 Å². The van der Waals surface area contributed by atoms with E-state index >= 15 is 0 Å². The molecule has 0 aliphatic rings. The Kier molecular flexibility index (Phi) is 6.48. The molecule has 0 unspecified atom stereocenters. The fraction of sp³-hybridized carbons (Fsp3) is 0.143. The summed E-state index contributed by atoms with van der Waals surface area (Å²) in [6.45, 7) is 1.86. The summed E-state index contributed by atoms with van der Waals surface area (Å²) >= 11 is 5.93. The number of benzene rings is 2. The first-order valence-corrected chi connectivity index (χ1v) is 9.29. The molecular formula is C21H18ClN3O5. The maximum atomic E-state index is 12.3. The molecule has 0 atom stereocenters. The number of anilines is 2. The number of phenols is 1. The van der Waals surface area contributed by atoms with Gasteiger partial charge in [-0.15, -0.1) is 0 Å². The Morgan fingerprint density at radius 1 is 1.13 bits per heavy atom. The minimum Gasteiger partial charge on any atom is -0.506 e. The number of hydrogen-bond donors (Lipinski definition) is 2. The maximum Gasteiger partial charge on any atom is 0.343 e. The molecule has 0 spiro atoms. The van der Waals surface area contributed by atoms with Gasteiger partial charge in [-0.25, -0.2) is 19.6 Å². The van der Waals surface area contributed by atoms with Crippen LogP contribution in [0.2, 0.25) is 5.02 Å². The van der Waals surface area contributed by atoms with Crippen molar-refractivity contribution < 1.29 is 24.2 Å². The zero-order valence-corrected chi connectivity index (χ0v) is 16.9. The van der Waals surface area contributed by atoms with Crippen LogP contribution in [0.1, 0.15) is 27.6 Å². The normalized spacial score (nSPS) is 10.4. The number of nitrogens with zero attached hydrogens (tertiary/aromatic N) is 2. The van der Waals surface area contributed by atoms with Crippen LogP contribution in [0.25, 0.3) is 11.4 Å². The second-order valence-corrected chi connectivity index (χ2v) is 6.47. The van der Waals surface area contributed by atoms with Crippen LogP contribution < -0.4 is 5.32 Å². The lowest BCUT2D eigenvalue weighted by molar-refractivity contribution is 0.0525. The molecule has 1 heterocycles. The van der Waals surface area contributed by atoms with Gasteiger partial charge in [0.05, 0.1) is 25.0 Å². The van der Waals surface area contributed by atoms with Crippen molar-refractivity contribution in [2.45, 2.75) is 6.92 Å². The highest BCUT2D eigenvalue weighted by atomic mass is 35.5. The maximum absolute atomic E-state index is 12.3. The van der Waals surface area contributed by atoms with Gasteiger partial charge >= 0.3 is 11.9 Å². The summed E-state index contributed by atoms with van der Waals surface area (Å²) in [5.41, 5.74) is 1.18. The number of aromatic nitrogens is 2. The van der Waals surface area contributed by atoms with Crippen LogP contribution in [0.5, 0.6) is 5.75 Å². The number of nitrogens with one attached hydrogen (secondary N) is 1. The summed E-state index contributed by atoms with van der Waals surface area (Å²) in [4.78, 5) is 32.6. The largest absolute Gasteiger partial charge is 0.506 e. The minimum absolute atomic E-state index is 0.0889. The van der Waals surface area contributed by atoms with Gasteiger partial charge in [-0.2, -0.15) is 0 Å². The number of halogens is 1. The van der Waals surface area contributed by atoms with Crippen molar-refractivity contribution in [3.05, 3.63) is 64.8 Å². The zero-order valence-electron chi connectivity index (χ0n) is 16.2. The third kappa shape index (κ3) is 4.66. The molecule has 0 amide bonds. The summed E-state index contributed by atoms with van der Waals surface area (Å²) in [5.74, 6) is -0.953. The van der Waals surface area contributed by atoms with E-state index in [2.05, 4.69) is 20.0 Å². The number of ether oxygens (including phenoxy) is 2. The van der Waals surface area contributed by atoms with Crippen molar-refractivity contribution in [1.82, 2.24) is 9.97 Å². The van der Waals surface area contributed by atoms with Gasteiger partial charge < -0.3 is 19.9 Å². The SMILES string of the molecule is CCOC(=O)c1cnc(-c2ccc(Cl)cc2)nc1Nc1ccc(C(=O)OC)cc1O. The molecule has 3 aromatic rings. The Labute approximate surface area is 177 Å². The number of hydrogen-bond acceptors (Lipinski definition) is 8. The van der Waals surface area contributed by atoms with Crippen molar-refractivity contribution in [2.24, 2.45) is 0 Å². The van der Waals surface area contributed by atoms with Crippen LogP contribution >= 0.6 is 11.6 Å². The standard InChI is InChI=1S/C21H18ClN3O5/c1-3-30-21(28)15-11-23-18(12-4-7-14(22)8-5-12)25-19(15)24-16-9-6-13(10-17(16)26)20(27)29-2/h4-11,26H,3H2,1-2H3,(H,23,24,25). The van der Waals surface area contributed by atoms with Gasteiger partial charge in [0, 0.05) is 16.8 Å². The Morgan fingerprint density at radius 3 is 2.50 bits per heavy atom. The first-order chi connectivity index (χ1) is 14.4. The van der Waals surface area contributed by atoms with E-state index in [-0.39, 0.29) is 35.0 Å². The molecule has 30 heavy (non-hydrogen) atoms. The van der Waals surface area contributed by atoms with Crippen LogP contribution in [-0.2, 0) is 9.47 Å². The van der Waals surface area contributed by atoms with E-state index in [0.29, 0.717) is 16.4 Å². The van der Waals surface area contributed by atoms with Gasteiger partial charge in [0.2, 0.25) is 0 Å². The molecule has 2 aromatic carbocycles. The molecule has 8 nitrogen and oxygen atoms in total. The highest BCUT2D eigenvalue weighted by Crippen LogP contribution is 2.30. The van der Waals surface area contributed by atoms with Gasteiger partial charge in [0.1, 0.15) is 17.1 Å². The minimum atomic E-state index is -0.617. The highest BCUT2D eigenvalue weighted by molar-refractivity contribution is 6.30. The van der Waals surface area contributed by atoms with E-state index in [1.54, 1.807) is 31.2 Å². The smallest absolute Gasteiger partial charge is 0.343 e. The van der Waals surface area contributed by atoms with E-state index < -0.39 is 11.9 Å². The van der Waals surface area contributed by atoms with Gasteiger partial charge in [-0.3, -0.25) is 0 Å². The molecule has 0 bridgehead atoms. The van der Waals surface area contributed by atoms with Crippen molar-refractivity contribution >= 4 is 35.0 Å². The highest BCUT2D eigenvalue weighted by Gasteiger charge is 2.18. The van der Waals surface area contributed by atoms with Crippen LogP contribution in [0, 0.1) is 0 Å². The quantitative estimate of drug-likeness (QED) is 0.444. The zero-order chi connectivity index (χ0) is 21.7. The molecule has 0 aliphatic heterocycles. The lowest BCUT2D eigenvalue weighted by atomic mass is 10.1. The summed E-state index contributed by atoms with van der Waals surface area (Å²) < 4.78 is 9.70. The van der Waals surface area contributed by atoms with E-state index in [4.69, 9.17) is 16.3 Å². The Hall–Kier alpha value is -3.65. The molecular weight excluding hydrogens is 410 g/mol. The number of methoxy groups -OCH3 is 1. The average Bonchev–Trinajstić information content (AvgIpc) is 2.75. The third-order valence-corrected chi connectivity index (χ3v) is 4.31. The van der Waals surface area contributed by atoms with E-state index in [1.165, 1.54) is 31.5 Å². The fourth-order valence-corrected chi connectivity index (χ4v) is 2.71. The van der Waals surface area contributed by atoms with Crippen molar-refractivity contribution in [2.75, 3.05) is 19.0 Å². The Balaban J connectivity index is 2.02. The monoisotopic (exact) mass is 427 g/mol. The molecule has 0 saturated heterocycles. The lowest BCUT2D eigenvalue weighted by Gasteiger charge is -2.13. The molecule has 154 valence electrons. The fourth-order valence-electron chi connectivity index (χ4n) is 2.58. The summed E-state index contributed by atoms with van der Waals surface area (Å²) in [6, 6.07) is 11.1. The van der Waals surface area contributed by atoms with Gasteiger partial charge in [-0.1, -0.05) is 11.6 Å². The van der Waals surface area contributed by atoms with Crippen molar-refractivity contribution in [1.29, 1.82) is 0 Å². The molecule has 0 aliphatic carbocycles. The van der Waals surface area contributed by atoms with Gasteiger partial charge in [0.25, 0.3) is 0 Å². The van der Waals surface area contributed by atoms with E-state index in [9.17, 15) is 14.7 Å². The van der Waals surface area contributed by atoms with E-state index in [0.717, 1.165) is 0 Å². The van der Waals surface area contributed by atoms with Crippen LogP contribution in [0.4, 0.5) is 11.5 Å². The van der Waals surface area contributed by atoms with E-state index in [1.807, 2.05) is 0 Å².